The van der Waals surface area contributed by atoms with Gasteiger partial charge in [-0.2, -0.15) is 0 Å². The Kier molecular flexibility index (Phi) is 9.27. The summed E-state index contributed by atoms with van der Waals surface area (Å²) in [4.78, 5) is 9.15. The molecule has 1 aromatic heterocycles. The van der Waals surface area contributed by atoms with E-state index < -0.39 is 0 Å². The largest absolute Gasteiger partial charge is 0.379 e. The molecular weight excluding hydrogens is 465 g/mol. The number of benzene rings is 1. The molecule has 0 radical (unpaired) electrons. The third-order valence-corrected chi connectivity index (χ3v) is 5.15. The van der Waals surface area contributed by atoms with Crippen LogP contribution in [0.3, 0.4) is 0 Å². The van der Waals surface area contributed by atoms with Crippen LogP contribution in [-0.2, 0) is 18.3 Å². The van der Waals surface area contributed by atoms with Crippen LogP contribution in [0, 0.1) is 0 Å². The van der Waals surface area contributed by atoms with Crippen molar-refractivity contribution < 1.29 is 4.74 Å². The van der Waals surface area contributed by atoms with Gasteiger partial charge < -0.3 is 19.5 Å². The molecule has 7 heteroatoms. The van der Waals surface area contributed by atoms with Crippen LogP contribution >= 0.6 is 24.0 Å². The number of aliphatic imine (C=N–C) groups is 1. The van der Waals surface area contributed by atoms with Gasteiger partial charge in [-0.05, 0) is 17.7 Å². The SMILES string of the molecule is CN=C(NCC(c1ccccc1)N1CCOCC1)N(C)Cc1cccn1C.I. The van der Waals surface area contributed by atoms with Crippen LogP contribution in [0.15, 0.2) is 53.7 Å². The van der Waals surface area contributed by atoms with Crippen LogP contribution < -0.4 is 5.32 Å². The van der Waals surface area contributed by atoms with E-state index in [-0.39, 0.29) is 24.0 Å². The van der Waals surface area contributed by atoms with E-state index in [1.54, 1.807) is 0 Å². The van der Waals surface area contributed by atoms with Crippen molar-refractivity contribution in [2.75, 3.05) is 46.9 Å². The molecule has 1 atom stereocenters. The Bertz CT molecular complexity index is 727. The third-order valence-electron chi connectivity index (χ3n) is 5.15. The van der Waals surface area contributed by atoms with Crippen molar-refractivity contribution in [3.63, 3.8) is 0 Å². The number of hydrogen-bond acceptors (Lipinski definition) is 3. The number of hydrogen-bond donors (Lipinski definition) is 1. The second-order valence-electron chi connectivity index (χ2n) is 6.97. The summed E-state index contributed by atoms with van der Waals surface area (Å²) in [6, 6.07) is 15.2. The first kappa shape index (κ1) is 22.7. The number of rotatable bonds is 6. The van der Waals surface area contributed by atoms with E-state index in [1.807, 2.05) is 7.05 Å². The average Bonchev–Trinajstić information content (AvgIpc) is 3.11. The topological polar surface area (TPSA) is 45.0 Å². The molecule has 0 aliphatic carbocycles. The van der Waals surface area contributed by atoms with Crippen molar-refractivity contribution in [1.29, 1.82) is 0 Å². The molecule has 1 unspecified atom stereocenters. The number of aromatic nitrogens is 1. The summed E-state index contributed by atoms with van der Waals surface area (Å²) in [6.07, 6.45) is 2.07. The predicted octanol–water partition coefficient (Wildman–Crippen LogP) is 2.72. The van der Waals surface area contributed by atoms with E-state index >= 15 is 0 Å². The van der Waals surface area contributed by atoms with E-state index in [1.165, 1.54) is 11.3 Å². The standard InChI is InChI=1S/C21H31N5O.HI/c1-22-21(25(3)17-19-10-7-11-24(19)2)23-16-20(18-8-5-4-6-9-18)26-12-14-27-15-13-26;/h4-11,20H,12-17H2,1-3H3,(H,22,23);1H. The summed E-state index contributed by atoms with van der Waals surface area (Å²) in [6.45, 7) is 5.14. The van der Waals surface area contributed by atoms with Gasteiger partial charge in [0.05, 0.1) is 25.8 Å². The molecule has 1 aromatic carbocycles. The first-order valence-electron chi connectivity index (χ1n) is 9.57. The maximum Gasteiger partial charge on any atom is 0.193 e. The molecule has 1 aliphatic heterocycles. The fraction of sp³-hybridized carbons (Fsp3) is 0.476. The van der Waals surface area contributed by atoms with E-state index in [9.17, 15) is 0 Å². The van der Waals surface area contributed by atoms with Crippen LogP contribution in [0.25, 0.3) is 0 Å². The molecule has 0 bridgehead atoms. The first-order chi connectivity index (χ1) is 13.2. The van der Waals surface area contributed by atoms with Crippen molar-refractivity contribution in [3.8, 4) is 0 Å². The number of halogens is 1. The normalized spacial score (nSPS) is 16.3. The predicted molar refractivity (Wildman–Crippen MR) is 125 cm³/mol. The fourth-order valence-corrected chi connectivity index (χ4v) is 3.57. The van der Waals surface area contributed by atoms with Crippen LogP contribution in [-0.4, -0.2) is 67.3 Å². The molecule has 0 amide bonds. The van der Waals surface area contributed by atoms with Gasteiger partial charge >= 0.3 is 0 Å². The van der Waals surface area contributed by atoms with Crippen molar-refractivity contribution in [3.05, 3.63) is 59.9 Å². The van der Waals surface area contributed by atoms with Gasteiger partial charge in [-0.1, -0.05) is 30.3 Å². The summed E-state index contributed by atoms with van der Waals surface area (Å²) in [5.74, 6) is 0.908. The highest BCUT2D eigenvalue weighted by atomic mass is 127. The number of morpholine rings is 1. The molecule has 0 saturated carbocycles. The van der Waals surface area contributed by atoms with Crippen LogP contribution in [0.4, 0.5) is 0 Å². The third kappa shape index (κ3) is 5.96. The maximum atomic E-state index is 5.54. The van der Waals surface area contributed by atoms with Gasteiger partial charge in [-0.15, -0.1) is 24.0 Å². The summed E-state index contributed by atoms with van der Waals surface area (Å²) in [5, 5.41) is 3.58. The van der Waals surface area contributed by atoms with E-state index in [2.05, 4.69) is 87.4 Å². The second-order valence-corrected chi connectivity index (χ2v) is 6.97. The highest BCUT2D eigenvalue weighted by Gasteiger charge is 2.23. The number of nitrogens with one attached hydrogen (secondary N) is 1. The molecule has 154 valence electrons. The lowest BCUT2D eigenvalue weighted by Crippen LogP contribution is -2.46. The average molecular weight is 497 g/mol. The molecule has 1 aliphatic rings. The smallest absolute Gasteiger partial charge is 0.193 e. The zero-order chi connectivity index (χ0) is 19.1. The van der Waals surface area contributed by atoms with Gasteiger partial charge in [0.15, 0.2) is 5.96 Å². The maximum absolute atomic E-state index is 5.54. The van der Waals surface area contributed by atoms with Crippen molar-refractivity contribution in [2.45, 2.75) is 12.6 Å². The molecular formula is C21H32IN5O. The van der Waals surface area contributed by atoms with Gasteiger partial charge in [-0.3, -0.25) is 9.89 Å². The lowest BCUT2D eigenvalue weighted by Gasteiger charge is -2.35. The van der Waals surface area contributed by atoms with Gasteiger partial charge in [0, 0.05) is 52.7 Å². The van der Waals surface area contributed by atoms with Gasteiger partial charge in [0.25, 0.3) is 0 Å². The van der Waals surface area contributed by atoms with Crippen molar-refractivity contribution >= 4 is 29.9 Å². The Morgan fingerprint density at radius 3 is 2.50 bits per heavy atom. The number of guanidine groups is 1. The van der Waals surface area contributed by atoms with Crippen LogP contribution in [0.1, 0.15) is 17.3 Å². The van der Waals surface area contributed by atoms with E-state index in [0.29, 0.717) is 6.04 Å². The van der Waals surface area contributed by atoms with Crippen LogP contribution in [0.5, 0.6) is 0 Å². The lowest BCUT2D eigenvalue weighted by molar-refractivity contribution is 0.0169. The summed E-state index contributed by atoms with van der Waals surface area (Å²) >= 11 is 0. The van der Waals surface area contributed by atoms with Gasteiger partial charge in [-0.25, -0.2) is 0 Å². The summed E-state index contributed by atoms with van der Waals surface area (Å²) < 4.78 is 7.69. The molecule has 2 heterocycles. The highest BCUT2D eigenvalue weighted by molar-refractivity contribution is 14.0. The molecule has 1 saturated heterocycles. The number of aryl methyl sites for hydroxylation is 1. The number of nitrogens with zero attached hydrogens (tertiary/aromatic N) is 4. The summed E-state index contributed by atoms with van der Waals surface area (Å²) in [5.41, 5.74) is 2.58. The molecule has 1 fully saturated rings. The minimum Gasteiger partial charge on any atom is -0.379 e. The Balaban J connectivity index is 0.00000280. The first-order valence-corrected chi connectivity index (χ1v) is 9.57. The highest BCUT2D eigenvalue weighted by Crippen LogP contribution is 2.21. The Morgan fingerprint density at radius 1 is 1.18 bits per heavy atom. The monoisotopic (exact) mass is 497 g/mol. The molecule has 3 rings (SSSR count). The van der Waals surface area contributed by atoms with E-state index in [4.69, 9.17) is 4.74 Å². The van der Waals surface area contributed by atoms with Crippen molar-refractivity contribution in [1.82, 2.24) is 19.7 Å². The quantitative estimate of drug-likeness (QED) is 0.379. The number of ether oxygens (including phenoxy) is 1. The van der Waals surface area contributed by atoms with Gasteiger partial charge in [0.1, 0.15) is 0 Å². The molecule has 2 aromatic rings. The Hall–Kier alpha value is -1.58. The van der Waals surface area contributed by atoms with Gasteiger partial charge in [0.2, 0.25) is 0 Å². The van der Waals surface area contributed by atoms with Crippen LogP contribution in [0.2, 0.25) is 0 Å². The fourth-order valence-electron chi connectivity index (χ4n) is 3.57. The lowest BCUT2D eigenvalue weighted by atomic mass is 10.0. The minimum absolute atomic E-state index is 0. The zero-order valence-corrected chi connectivity index (χ0v) is 19.4. The zero-order valence-electron chi connectivity index (χ0n) is 17.0. The summed E-state index contributed by atoms with van der Waals surface area (Å²) in [7, 11) is 5.99. The molecule has 28 heavy (non-hydrogen) atoms. The molecule has 1 N–H and O–H groups in total. The second kappa shape index (κ2) is 11.4. The minimum atomic E-state index is 0. The van der Waals surface area contributed by atoms with E-state index in [0.717, 1.165) is 45.4 Å². The Morgan fingerprint density at radius 2 is 1.89 bits per heavy atom. The molecule has 6 nitrogen and oxygen atoms in total. The molecule has 0 spiro atoms. The van der Waals surface area contributed by atoms with Crippen molar-refractivity contribution in [2.24, 2.45) is 12.0 Å². The Labute approximate surface area is 185 Å².